The van der Waals surface area contributed by atoms with E-state index in [4.69, 9.17) is 0 Å². The third kappa shape index (κ3) is 4.75. The maximum absolute atomic E-state index is 11.5. The van der Waals surface area contributed by atoms with E-state index < -0.39 is 0 Å². The summed E-state index contributed by atoms with van der Waals surface area (Å²) in [5.41, 5.74) is 0. The largest absolute Gasteiger partial charge is 0.314 e. The van der Waals surface area contributed by atoms with Crippen LogP contribution in [0.25, 0.3) is 0 Å². The van der Waals surface area contributed by atoms with Crippen LogP contribution < -0.4 is 5.32 Å². The molecule has 1 saturated heterocycles. The first kappa shape index (κ1) is 11.7. The van der Waals surface area contributed by atoms with Crippen LogP contribution in [0.5, 0.6) is 0 Å². The Morgan fingerprint density at radius 2 is 2.21 bits per heavy atom. The van der Waals surface area contributed by atoms with Crippen molar-refractivity contribution in [1.82, 2.24) is 5.32 Å². The summed E-state index contributed by atoms with van der Waals surface area (Å²) in [6.45, 7) is 3.30. The molecule has 1 heterocycles. The maximum atomic E-state index is 11.5. The molecule has 0 spiro atoms. The summed E-state index contributed by atoms with van der Waals surface area (Å²) in [6, 6.07) is 0.494. The van der Waals surface area contributed by atoms with Crippen LogP contribution in [-0.2, 0) is 4.79 Å². The van der Waals surface area contributed by atoms with E-state index in [0.29, 0.717) is 11.8 Å². The molecule has 1 aliphatic heterocycles. The van der Waals surface area contributed by atoms with Crippen molar-refractivity contribution in [3.8, 4) is 0 Å². The van der Waals surface area contributed by atoms with Gasteiger partial charge in [0.25, 0.3) is 0 Å². The Balaban J connectivity index is 1.98. The summed E-state index contributed by atoms with van der Waals surface area (Å²) >= 11 is 0. The lowest BCUT2D eigenvalue weighted by atomic mass is 10.0. The smallest absolute Gasteiger partial charge is 0.134 e. The van der Waals surface area contributed by atoms with Gasteiger partial charge in [0.15, 0.2) is 0 Å². The zero-order valence-electron chi connectivity index (χ0n) is 9.35. The highest BCUT2D eigenvalue weighted by atomic mass is 16.1. The molecule has 0 amide bonds. The lowest BCUT2D eigenvalue weighted by Crippen LogP contribution is -2.24. The van der Waals surface area contributed by atoms with Crippen LogP contribution in [0.1, 0.15) is 58.3 Å². The Hall–Kier alpha value is -0.370. The summed E-state index contributed by atoms with van der Waals surface area (Å²) in [4.78, 5) is 11.5. The van der Waals surface area contributed by atoms with Gasteiger partial charge in [-0.2, -0.15) is 0 Å². The second kappa shape index (κ2) is 6.99. The zero-order valence-corrected chi connectivity index (χ0v) is 9.35. The summed E-state index contributed by atoms with van der Waals surface area (Å²) in [5, 5.41) is 3.37. The van der Waals surface area contributed by atoms with E-state index in [0.717, 1.165) is 25.8 Å². The van der Waals surface area contributed by atoms with E-state index in [1.165, 1.54) is 32.1 Å². The average molecular weight is 197 g/mol. The van der Waals surface area contributed by atoms with Crippen molar-refractivity contribution in [2.45, 2.75) is 64.3 Å². The van der Waals surface area contributed by atoms with Gasteiger partial charge in [-0.15, -0.1) is 0 Å². The van der Waals surface area contributed by atoms with E-state index >= 15 is 0 Å². The van der Waals surface area contributed by atoms with Crippen molar-refractivity contribution in [3.05, 3.63) is 0 Å². The van der Waals surface area contributed by atoms with Crippen LogP contribution in [0.4, 0.5) is 0 Å². The number of rotatable bonds is 7. The average Bonchev–Trinajstić information content (AvgIpc) is 2.65. The first-order valence-electron chi connectivity index (χ1n) is 6.08. The molecule has 0 bridgehead atoms. The molecule has 0 aromatic carbocycles. The van der Waals surface area contributed by atoms with Crippen molar-refractivity contribution in [2.24, 2.45) is 0 Å². The molecule has 1 unspecified atom stereocenters. The lowest BCUT2D eigenvalue weighted by molar-refractivity contribution is -0.119. The number of ketones is 1. The summed E-state index contributed by atoms with van der Waals surface area (Å²) < 4.78 is 0. The Morgan fingerprint density at radius 1 is 1.36 bits per heavy atom. The van der Waals surface area contributed by atoms with Gasteiger partial charge in [-0.25, -0.2) is 0 Å². The highest BCUT2D eigenvalue weighted by Crippen LogP contribution is 2.12. The van der Waals surface area contributed by atoms with Crippen LogP contribution in [0.2, 0.25) is 0 Å². The lowest BCUT2D eigenvalue weighted by Gasteiger charge is -2.08. The molecule has 14 heavy (non-hydrogen) atoms. The molecule has 0 aromatic rings. The third-order valence-corrected chi connectivity index (χ3v) is 2.95. The molecule has 1 aliphatic rings. The van der Waals surface area contributed by atoms with E-state index in [1.54, 1.807) is 0 Å². The second-order valence-corrected chi connectivity index (χ2v) is 4.35. The SMILES string of the molecule is CCCCCCC(=O)CC1CCCN1. The van der Waals surface area contributed by atoms with Gasteiger partial charge in [0.05, 0.1) is 0 Å². The molecule has 0 aliphatic carbocycles. The summed E-state index contributed by atoms with van der Waals surface area (Å²) in [7, 11) is 0. The van der Waals surface area contributed by atoms with Gasteiger partial charge >= 0.3 is 0 Å². The van der Waals surface area contributed by atoms with Gasteiger partial charge < -0.3 is 5.32 Å². The van der Waals surface area contributed by atoms with E-state index in [9.17, 15) is 4.79 Å². The first-order valence-corrected chi connectivity index (χ1v) is 6.08. The minimum absolute atomic E-state index is 0.459. The number of carbonyl (C=O) groups is 1. The Labute approximate surface area is 87.5 Å². The fourth-order valence-corrected chi connectivity index (χ4v) is 2.06. The fraction of sp³-hybridized carbons (Fsp3) is 0.917. The summed E-state index contributed by atoms with van der Waals surface area (Å²) in [6.07, 6.45) is 8.85. The minimum Gasteiger partial charge on any atom is -0.314 e. The number of nitrogens with one attached hydrogen (secondary N) is 1. The topological polar surface area (TPSA) is 29.1 Å². The molecule has 1 rings (SSSR count). The number of hydrogen-bond acceptors (Lipinski definition) is 2. The molecule has 0 radical (unpaired) electrons. The predicted octanol–water partition coefficient (Wildman–Crippen LogP) is 2.67. The number of Topliss-reactive ketones (excluding diaryl/α,β-unsaturated/α-hetero) is 1. The number of hydrogen-bond donors (Lipinski definition) is 1. The van der Waals surface area contributed by atoms with Gasteiger partial charge in [-0.1, -0.05) is 26.2 Å². The fourth-order valence-electron chi connectivity index (χ4n) is 2.06. The van der Waals surface area contributed by atoms with Crippen LogP contribution >= 0.6 is 0 Å². The van der Waals surface area contributed by atoms with Crippen LogP contribution in [0.3, 0.4) is 0 Å². The van der Waals surface area contributed by atoms with Crippen molar-refractivity contribution >= 4 is 5.78 Å². The Kier molecular flexibility index (Phi) is 5.85. The summed E-state index contributed by atoms with van der Waals surface area (Å²) in [5.74, 6) is 0.459. The molecular weight excluding hydrogens is 174 g/mol. The van der Waals surface area contributed by atoms with E-state index in [-0.39, 0.29) is 0 Å². The van der Waals surface area contributed by atoms with Crippen molar-refractivity contribution in [1.29, 1.82) is 0 Å². The number of carbonyl (C=O) groups excluding carboxylic acids is 1. The molecule has 1 N–H and O–H groups in total. The normalized spacial score (nSPS) is 21.4. The quantitative estimate of drug-likeness (QED) is 0.636. The first-order chi connectivity index (χ1) is 6.83. The standard InChI is InChI=1S/C12H23NO/c1-2-3-4-5-8-12(14)10-11-7-6-9-13-11/h11,13H,2-10H2,1H3. The predicted molar refractivity (Wildman–Crippen MR) is 59.4 cm³/mol. The van der Waals surface area contributed by atoms with Crippen molar-refractivity contribution < 1.29 is 4.79 Å². The molecular formula is C12H23NO. The van der Waals surface area contributed by atoms with Gasteiger partial charge in [0.2, 0.25) is 0 Å². The van der Waals surface area contributed by atoms with Gasteiger partial charge in [0.1, 0.15) is 5.78 Å². The van der Waals surface area contributed by atoms with E-state index in [1.807, 2.05) is 0 Å². The highest BCUT2D eigenvalue weighted by molar-refractivity contribution is 5.78. The molecule has 2 heteroatoms. The molecule has 0 aromatic heterocycles. The van der Waals surface area contributed by atoms with Gasteiger partial charge in [0, 0.05) is 18.9 Å². The van der Waals surface area contributed by atoms with Crippen LogP contribution in [-0.4, -0.2) is 18.4 Å². The Morgan fingerprint density at radius 3 is 2.86 bits per heavy atom. The third-order valence-electron chi connectivity index (χ3n) is 2.95. The monoisotopic (exact) mass is 197 g/mol. The Bertz CT molecular complexity index is 162. The second-order valence-electron chi connectivity index (χ2n) is 4.35. The molecule has 0 saturated carbocycles. The highest BCUT2D eigenvalue weighted by Gasteiger charge is 2.16. The molecule has 82 valence electrons. The zero-order chi connectivity index (χ0) is 10.2. The van der Waals surface area contributed by atoms with Crippen molar-refractivity contribution in [3.63, 3.8) is 0 Å². The van der Waals surface area contributed by atoms with Crippen LogP contribution in [0.15, 0.2) is 0 Å². The van der Waals surface area contributed by atoms with E-state index in [2.05, 4.69) is 12.2 Å². The van der Waals surface area contributed by atoms with Gasteiger partial charge in [-0.05, 0) is 25.8 Å². The van der Waals surface area contributed by atoms with Crippen molar-refractivity contribution in [2.75, 3.05) is 6.54 Å². The molecule has 1 atom stereocenters. The minimum atomic E-state index is 0.459. The van der Waals surface area contributed by atoms with Crippen LogP contribution in [0, 0.1) is 0 Å². The number of unbranched alkanes of at least 4 members (excludes halogenated alkanes) is 3. The van der Waals surface area contributed by atoms with Gasteiger partial charge in [-0.3, -0.25) is 4.79 Å². The molecule has 1 fully saturated rings. The maximum Gasteiger partial charge on any atom is 0.134 e. The molecule has 2 nitrogen and oxygen atoms in total.